The molecule has 0 radical (unpaired) electrons. The van der Waals surface area contributed by atoms with E-state index in [2.05, 4.69) is 4.74 Å². The van der Waals surface area contributed by atoms with Crippen LogP contribution in [-0.2, 0) is 9.53 Å². The topological polar surface area (TPSA) is 55.4 Å². The van der Waals surface area contributed by atoms with Crippen LogP contribution in [0, 0.1) is 23.3 Å². The van der Waals surface area contributed by atoms with Gasteiger partial charge in [-0.15, -0.1) is 0 Å². The van der Waals surface area contributed by atoms with Crippen molar-refractivity contribution in [3.63, 3.8) is 0 Å². The van der Waals surface area contributed by atoms with E-state index in [-0.39, 0.29) is 6.07 Å². The second kappa shape index (κ2) is 5.68. The lowest BCUT2D eigenvalue weighted by atomic mass is 10.1. The number of halogens is 4. The highest BCUT2D eigenvalue weighted by molar-refractivity contribution is 5.96. The summed E-state index contributed by atoms with van der Waals surface area (Å²) in [5, 5.41) is 1.95. The Bertz CT molecular complexity index is 533. The molecule has 104 valence electrons. The van der Waals surface area contributed by atoms with Gasteiger partial charge < -0.3 is 10.1 Å². The van der Waals surface area contributed by atoms with Crippen LogP contribution in [0.4, 0.5) is 17.6 Å². The van der Waals surface area contributed by atoms with Crippen molar-refractivity contribution in [1.82, 2.24) is 5.32 Å². The molecule has 0 aromatic heterocycles. The van der Waals surface area contributed by atoms with Crippen LogP contribution in [0.25, 0.3) is 0 Å². The van der Waals surface area contributed by atoms with E-state index in [1.54, 1.807) is 0 Å². The number of amides is 1. The van der Waals surface area contributed by atoms with Gasteiger partial charge in [-0.1, -0.05) is 0 Å². The number of hydrogen-bond acceptors (Lipinski definition) is 3. The third kappa shape index (κ3) is 3.01. The molecule has 0 unspecified atom stereocenters. The van der Waals surface area contributed by atoms with Crippen LogP contribution in [0.1, 0.15) is 17.3 Å². The summed E-state index contributed by atoms with van der Waals surface area (Å²) in [6.45, 7) is 1.22. The molecule has 0 saturated heterocycles. The van der Waals surface area contributed by atoms with Gasteiger partial charge >= 0.3 is 5.97 Å². The van der Waals surface area contributed by atoms with Crippen LogP contribution in [0.5, 0.6) is 0 Å². The van der Waals surface area contributed by atoms with E-state index in [1.807, 2.05) is 5.32 Å². The van der Waals surface area contributed by atoms with Crippen molar-refractivity contribution < 1.29 is 31.9 Å². The van der Waals surface area contributed by atoms with E-state index in [9.17, 15) is 27.2 Å². The van der Waals surface area contributed by atoms with Gasteiger partial charge in [0.15, 0.2) is 23.3 Å². The molecule has 0 heterocycles. The zero-order valence-corrected chi connectivity index (χ0v) is 9.89. The first-order valence-corrected chi connectivity index (χ1v) is 5.01. The first-order chi connectivity index (χ1) is 8.79. The van der Waals surface area contributed by atoms with E-state index < -0.39 is 46.8 Å². The maximum atomic E-state index is 13.3. The van der Waals surface area contributed by atoms with E-state index in [0.29, 0.717) is 0 Å². The molecule has 1 N–H and O–H groups in total. The van der Waals surface area contributed by atoms with Gasteiger partial charge in [-0.25, -0.2) is 22.4 Å². The molecule has 8 heteroatoms. The molecule has 0 saturated carbocycles. The SMILES string of the molecule is COC(=O)[C@@H](C)NC(=O)c1cc(F)c(F)c(F)c1F. The van der Waals surface area contributed by atoms with Crippen LogP contribution in [0.2, 0.25) is 0 Å². The standard InChI is InChI=1S/C11H9F4NO3/c1-4(11(18)19-2)16-10(17)5-3-6(12)8(14)9(15)7(5)13/h3-4H,1-2H3,(H,16,17)/t4-/m1/s1. The van der Waals surface area contributed by atoms with Gasteiger partial charge in [0.1, 0.15) is 6.04 Å². The number of ether oxygens (including phenoxy) is 1. The van der Waals surface area contributed by atoms with Gasteiger partial charge in [0.05, 0.1) is 12.7 Å². The van der Waals surface area contributed by atoms with Gasteiger partial charge in [0.2, 0.25) is 0 Å². The van der Waals surface area contributed by atoms with Crippen LogP contribution in [0.15, 0.2) is 6.07 Å². The number of carbonyl (C=O) groups excluding carboxylic acids is 2. The molecule has 1 rings (SSSR count). The van der Waals surface area contributed by atoms with E-state index in [4.69, 9.17) is 0 Å². The fourth-order valence-corrected chi connectivity index (χ4v) is 1.25. The van der Waals surface area contributed by atoms with E-state index in [1.165, 1.54) is 6.92 Å². The van der Waals surface area contributed by atoms with Crippen LogP contribution in [0.3, 0.4) is 0 Å². The quantitative estimate of drug-likeness (QED) is 0.395. The normalized spacial score (nSPS) is 11.9. The van der Waals surface area contributed by atoms with Crippen molar-refractivity contribution in [2.45, 2.75) is 13.0 Å². The van der Waals surface area contributed by atoms with E-state index in [0.717, 1.165) is 7.11 Å². The van der Waals surface area contributed by atoms with Gasteiger partial charge in [-0.05, 0) is 13.0 Å². The number of carbonyl (C=O) groups is 2. The third-order valence-corrected chi connectivity index (χ3v) is 2.25. The first-order valence-electron chi connectivity index (χ1n) is 5.01. The zero-order valence-electron chi connectivity index (χ0n) is 9.89. The van der Waals surface area contributed by atoms with Gasteiger partial charge in [0, 0.05) is 0 Å². The molecule has 19 heavy (non-hydrogen) atoms. The minimum Gasteiger partial charge on any atom is -0.467 e. The Morgan fingerprint density at radius 2 is 1.74 bits per heavy atom. The van der Waals surface area contributed by atoms with Crippen LogP contribution in [-0.4, -0.2) is 25.0 Å². The lowest BCUT2D eigenvalue weighted by Crippen LogP contribution is -2.39. The number of methoxy groups -OCH3 is 1. The molecule has 0 aliphatic carbocycles. The molecular weight excluding hydrogens is 270 g/mol. The smallest absolute Gasteiger partial charge is 0.328 e. The summed E-state index contributed by atoms with van der Waals surface area (Å²) in [4.78, 5) is 22.5. The van der Waals surface area contributed by atoms with Crippen LogP contribution >= 0.6 is 0 Å². The number of rotatable bonds is 3. The Hall–Kier alpha value is -2.12. The zero-order chi connectivity index (χ0) is 14.7. The summed E-state index contributed by atoms with van der Waals surface area (Å²) in [6, 6.07) is -0.958. The molecule has 1 aromatic rings. The summed E-state index contributed by atoms with van der Waals surface area (Å²) in [6.07, 6.45) is 0. The van der Waals surface area contributed by atoms with Crippen molar-refractivity contribution in [2.75, 3.05) is 7.11 Å². The highest BCUT2D eigenvalue weighted by atomic mass is 19.2. The maximum Gasteiger partial charge on any atom is 0.328 e. The number of nitrogens with one attached hydrogen (secondary N) is 1. The highest BCUT2D eigenvalue weighted by Gasteiger charge is 2.25. The molecule has 0 aliphatic rings. The minimum atomic E-state index is -2.10. The lowest BCUT2D eigenvalue weighted by molar-refractivity contribution is -0.142. The minimum absolute atomic E-state index is 0.201. The monoisotopic (exact) mass is 279 g/mol. The highest BCUT2D eigenvalue weighted by Crippen LogP contribution is 2.18. The number of hydrogen-bond donors (Lipinski definition) is 1. The molecule has 1 amide bonds. The fourth-order valence-electron chi connectivity index (χ4n) is 1.25. The number of esters is 1. The summed E-state index contributed by atoms with van der Waals surface area (Å²) < 4.78 is 56.0. The maximum absolute atomic E-state index is 13.3. The summed E-state index contributed by atoms with van der Waals surface area (Å²) in [5.74, 6) is -9.78. The van der Waals surface area contributed by atoms with Crippen molar-refractivity contribution >= 4 is 11.9 Å². The van der Waals surface area contributed by atoms with Crippen molar-refractivity contribution in [3.05, 3.63) is 34.9 Å². The molecule has 0 fully saturated rings. The Labute approximate surface area is 105 Å². The number of benzene rings is 1. The summed E-state index contributed by atoms with van der Waals surface area (Å²) >= 11 is 0. The van der Waals surface area contributed by atoms with E-state index >= 15 is 0 Å². The molecule has 0 aliphatic heterocycles. The fraction of sp³-hybridized carbons (Fsp3) is 0.273. The van der Waals surface area contributed by atoms with Crippen LogP contribution < -0.4 is 5.32 Å². The third-order valence-electron chi connectivity index (χ3n) is 2.25. The van der Waals surface area contributed by atoms with Crippen molar-refractivity contribution in [1.29, 1.82) is 0 Å². The van der Waals surface area contributed by atoms with Gasteiger partial charge in [-0.2, -0.15) is 0 Å². The summed E-state index contributed by atoms with van der Waals surface area (Å²) in [7, 11) is 1.06. The second-order valence-corrected chi connectivity index (χ2v) is 3.57. The Kier molecular flexibility index (Phi) is 4.47. The molecule has 1 atom stereocenters. The largest absolute Gasteiger partial charge is 0.467 e. The molecule has 1 aromatic carbocycles. The Balaban J connectivity index is 3.05. The average Bonchev–Trinajstić information content (AvgIpc) is 2.39. The van der Waals surface area contributed by atoms with Gasteiger partial charge in [-0.3, -0.25) is 4.79 Å². The predicted octanol–water partition coefficient (Wildman–Crippen LogP) is 1.53. The Morgan fingerprint density at radius 3 is 2.26 bits per heavy atom. The average molecular weight is 279 g/mol. The predicted molar refractivity (Wildman–Crippen MR) is 55.2 cm³/mol. The molecule has 4 nitrogen and oxygen atoms in total. The molecular formula is C11H9F4NO3. The molecule has 0 bridgehead atoms. The first kappa shape index (κ1) is 14.9. The van der Waals surface area contributed by atoms with Crippen molar-refractivity contribution in [2.24, 2.45) is 0 Å². The van der Waals surface area contributed by atoms with Gasteiger partial charge in [0.25, 0.3) is 5.91 Å². The van der Waals surface area contributed by atoms with Crippen molar-refractivity contribution in [3.8, 4) is 0 Å². The lowest BCUT2D eigenvalue weighted by Gasteiger charge is -2.12. The second-order valence-electron chi connectivity index (χ2n) is 3.57. The Morgan fingerprint density at radius 1 is 1.16 bits per heavy atom. The molecule has 0 spiro atoms. The summed E-state index contributed by atoms with van der Waals surface area (Å²) in [5.41, 5.74) is -1.05.